The first-order chi connectivity index (χ1) is 21.0. The first-order valence-corrected chi connectivity index (χ1v) is 19.6. The van der Waals surface area contributed by atoms with Crippen molar-refractivity contribution in [1.29, 1.82) is 0 Å². The monoisotopic (exact) mass is 660 g/mol. The number of nitrogens with zero attached hydrogens (tertiary/aromatic N) is 6. The third-order valence-corrected chi connectivity index (χ3v) is 10.3. The Morgan fingerprint density at radius 2 is 1.13 bits per heavy atom. The van der Waals surface area contributed by atoms with Crippen molar-refractivity contribution in [2.24, 2.45) is 29.6 Å². The van der Waals surface area contributed by atoms with Gasteiger partial charge in [-0.15, -0.1) is 0 Å². The van der Waals surface area contributed by atoms with E-state index in [1.54, 1.807) is 13.2 Å². The van der Waals surface area contributed by atoms with Gasteiger partial charge in [-0.1, -0.05) is 41.5 Å². The van der Waals surface area contributed by atoms with Crippen molar-refractivity contribution < 1.29 is 14.1 Å². The summed E-state index contributed by atoms with van der Waals surface area (Å²) in [5, 5.41) is 11.6. The Bertz CT molecular complexity index is 859. The Balaban J connectivity index is 0.000000272. The standard InChI is InChI=1S/C6H14N2.C6H13NOS.C6H11NO.C6H13NO.C6H13N.C4H9N/c1-7-3-5-8(2)6-4-7;1-6-4-7(5-6)9(2,3)8;1-5-3-7(4-5)6(2)8;1-6-4-7(5-6)2-3-8;1-3-7-4-6(2)5-7;1-4-2-5-3-4/h3-6H2,1-2H3;6H,2,4-5H2,1,3H3;5H,3-4H2,1-2H3;6,8H,2-5H2,1H3;6H,3-5H2,1-2H3;4-5H,2-3H2,1H3. The summed E-state index contributed by atoms with van der Waals surface area (Å²) < 4.78 is 13.1. The number of β-amino-alcohol motifs (C(OH)–C–C–N with tert-alkyl or cyclic N) is 1. The highest BCUT2D eigenvalue weighted by molar-refractivity contribution is 7.97. The summed E-state index contributed by atoms with van der Waals surface area (Å²) in [4.78, 5) is 21.8. The first kappa shape index (κ1) is 42.2. The predicted molar refractivity (Wildman–Crippen MR) is 194 cm³/mol. The minimum atomic E-state index is -1.87. The summed E-state index contributed by atoms with van der Waals surface area (Å²) in [6.45, 7) is 33.6. The summed E-state index contributed by atoms with van der Waals surface area (Å²) in [5.41, 5.74) is 0. The van der Waals surface area contributed by atoms with E-state index in [0.717, 1.165) is 56.4 Å². The summed E-state index contributed by atoms with van der Waals surface area (Å²) in [6, 6.07) is 0. The normalized spacial score (nSPS) is 25.0. The van der Waals surface area contributed by atoms with Crippen molar-refractivity contribution in [1.82, 2.24) is 34.1 Å². The largest absolute Gasteiger partial charge is 0.395 e. The van der Waals surface area contributed by atoms with Crippen LogP contribution in [0.3, 0.4) is 0 Å². The Morgan fingerprint density at radius 3 is 1.31 bits per heavy atom. The van der Waals surface area contributed by atoms with E-state index < -0.39 is 9.71 Å². The smallest absolute Gasteiger partial charge is 0.219 e. The number of hydrogen-bond acceptors (Lipinski definition) is 8. The van der Waals surface area contributed by atoms with Crippen LogP contribution in [-0.2, 0) is 14.5 Å². The van der Waals surface area contributed by atoms with Gasteiger partial charge in [-0.05, 0) is 69.2 Å². The molecule has 1 atom stereocenters. The molecule has 6 aliphatic rings. The van der Waals surface area contributed by atoms with Crippen molar-refractivity contribution in [3.8, 4) is 0 Å². The van der Waals surface area contributed by atoms with Crippen molar-refractivity contribution in [2.45, 2.75) is 48.5 Å². The second kappa shape index (κ2) is 22.0. The number of amides is 1. The van der Waals surface area contributed by atoms with E-state index in [1.165, 1.54) is 72.0 Å². The van der Waals surface area contributed by atoms with Crippen LogP contribution >= 0.6 is 0 Å². The molecule has 6 rings (SSSR count). The summed E-state index contributed by atoms with van der Waals surface area (Å²) in [6.07, 6.45) is 1.69. The molecule has 0 spiro atoms. The number of nitrogens with one attached hydrogen (secondary N) is 1. The molecule has 6 aliphatic heterocycles. The zero-order chi connectivity index (χ0) is 34.2. The highest BCUT2D eigenvalue weighted by Gasteiger charge is 2.26. The highest BCUT2D eigenvalue weighted by atomic mass is 32.2. The van der Waals surface area contributed by atoms with Crippen LogP contribution in [0.2, 0.25) is 0 Å². The van der Waals surface area contributed by atoms with Gasteiger partial charge in [0.15, 0.2) is 0 Å². The molecule has 10 nitrogen and oxygen atoms in total. The van der Waals surface area contributed by atoms with Crippen molar-refractivity contribution in [2.75, 3.05) is 132 Å². The topological polar surface area (TPSA) is 85.8 Å². The molecule has 2 N–H and O–H groups in total. The molecular formula is C34H73N7O3S. The SMILES string of the molecule is C=S(C)(=O)N1CC(C)C1.CC(=O)N1CC(C)C1.CC1CN(CCO)C1.CC1CNC1.CCN1CC(C)C1.CN1CCN(C)CC1. The van der Waals surface area contributed by atoms with E-state index in [-0.39, 0.29) is 5.91 Å². The average molecular weight is 660 g/mol. The number of piperazine rings is 1. The second-order valence-electron chi connectivity index (χ2n) is 14.9. The maximum Gasteiger partial charge on any atom is 0.219 e. The van der Waals surface area contributed by atoms with Crippen molar-refractivity contribution >= 4 is 21.5 Å². The van der Waals surface area contributed by atoms with Crippen molar-refractivity contribution in [3.05, 3.63) is 0 Å². The Labute approximate surface area is 279 Å². The van der Waals surface area contributed by atoms with E-state index in [2.05, 4.69) is 86.4 Å². The molecule has 0 aromatic heterocycles. The molecular weight excluding hydrogens is 586 g/mol. The summed E-state index contributed by atoms with van der Waals surface area (Å²) >= 11 is 0. The summed E-state index contributed by atoms with van der Waals surface area (Å²) in [7, 11) is 2.48. The molecule has 268 valence electrons. The fourth-order valence-electron chi connectivity index (χ4n) is 5.49. The lowest BCUT2D eigenvalue weighted by atomic mass is 10.0. The zero-order valence-electron chi connectivity index (χ0n) is 31.0. The highest BCUT2D eigenvalue weighted by Crippen LogP contribution is 2.17. The van der Waals surface area contributed by atoms with Gasteiger partial charge in [0.25, 0.3) is 0 Å². The number of aliphatic hydroxyl groups excluding tert-OH is 1. The van der Waals surface area contributed by atoms with E-state index in [9.17, 15) is 9.00 Å². The Morgan fingerprint density at radius 1 is 0.756 bits per heavy atom. The third kappa shape index (κ3) is 19.0. The van der Waals surface area contributed by atoms with Crippen LogP contribution in [0.5, 0.6) is 0 Å². The van der Waals surface area contributed by atoms with Crippen LogP contribution < -0.4 is 5.32 Å². The van der Waals surface area contributed by atoms with Gasteiger partial charge in [-0.3, -0.25) is 9.00 Å². The summed E-state index contributed by atoms with van der Waals surface area (Å²) in [5.74, 6) is 8.03. The second-order valence-corrected chi connectivity index (χ2v) is 17.3. The first-order valence-electron chi connectivity index (χ1n) is 17.5. The molecule has 1 amide bonds. The molecule has 1 unspecified atom stereocenters. The number of carbonyl (C=O) groups excluding carboxylic acids is 1. The Hall–Kier alpha value is -0.790. The molecule has 0 saturated carbocycles. The van der Waals surface area contributed by atoms with E-state index in [1.807, 2.05) is 9.21 Å². The molecule has 0 radical (unpaired) electrons. The van der Waals surface area contributed by atoms with Gasteiger partial charge < -0.3 is 34.9 Å². The zero-order valence-corrected chi connectivity index (χ0v) is 31.8. The van der Waals surface area contributed by atoms with Gasteiger partial charge in [0.1, 0.15) is 0 Å². The van der Waals surface area contributed by atoms with Crippen molar-refractivity contribution in [3.63, 3.8) is 0 Å². The minimum Gasteiger partial charge on any atom is -0.395 e. The maximum atomic E-state index is 11.1. The fraction of sp³-hybridized carbons (Fsp3) is 0.941. The van der Waals surface area contributed by atoms with Gasteiger partial charge in [-0.2, -0.15) is 0 Å². The number of hydrogen-bond donors (Lipinski definition) is 2. The van der Waals surface area contributed by atoms with Gasteiger partial charge in [0.05, 0.1) is 6.61 Å². The number of aliphatic hydroxyl groups is 1. The van der Waals surface area contributed by atoms with E-state index in [4.69, 9.17) is 5.11 Å². The van der Waals surface area contributed by atoms with Crippen LogP contribution in [0, 0.1) is 29.6 Å². The van der Waals surface area contributed by atoms with Crippen LogP contribution in [0.15, 0.2) is 0 Å². The lowest BCUT2D eigenvalue weighted by Crippen LogP contribution is -2.47. The number of likely N-dealkylation sites (tertiary alicyclic amines) is 3. The molecule has 0 bridgehead atoms. The van der Waals surface area contributed by atoms with Crippen LogP contribution in [0.25, 0.3) is 0 Å². The average Bonchev–Trinajstić information content (AvgIpc) is 2.88. The molecule has 6 heterocycles. The van der Waals surface area contributed by atoms with Crippen LogP contribution in [-0.4, -0.2) is 182 Å². The third-order valence-electron chi connectivity index (χ3n) is 8.94. The van der Waals surface area contributed by atoms with E-state index >= 15 is 0 Å². The van der Waals surface area contributed by atoms with Gasteiger partial charge >= 0.3 is 0 Å². The molecule has 0 aromatic carbocycles. The predicted octanol–water partition coefficient (Wildman–Crippen LogP) is 1.66. The lowest BCUT2D eigenvalue weighted by Gasteiger charge is -2.37. The fourth-order valence-corrected chi connectivity index (χ4v) is 6.63. The Kier molecular flexibility index (Phi) is 20.6. The minimum absolute atomic E-state index is 0.211. The molecule has 0 aromatic rings. The maximum absolute atomic E-state index is 11.1. The van der Waals surface area contributed by atoms with Gasteiger partial charge in [0, 0.05) is 108 Å². The van der Waals surface area contributed by atoms with E-state index in [0.29, 0.717) is 12.5 Å². The number of rotatable bonds is 4. The quantitative estimate of drug-likeness (QED) is 0.442. The van der Waals surface area contributed by atoms with Gasteiger partial charge in [-0.25, -0.2) is 4.31 Å². The molecule has 0 aliphatic carbocycles. The molecule has 6 fully saturated rings. The lowest BCUT2D eigenvalue weighted by molar-refractivity contribution is -0.134. The molecule has 45 heavy (non-hydrogen) atoms. The number of carbonyl (C=O) groups is 1. The van der Waals surface area contributed by atoms with Crippen LogP contribution in [0.1, 0.15) is 48.5 Å². The molecule has 6 saturated heterocycles. The number of likely N-dealkylation sites (N-methyl/N-ethyl adjacent to an activating group) is 2. The van der Waals surface area contributed by atoms with Gasteiger partial charge in [0.2, 0.25) is 5.91 Å². The van der Waals surface area contributed by atoms with Crippen LogP contribution in [0.4, 0.5) is 0 Å². The molecule has 11 heteroatoms.